The largest absolute Gasteiger partial charge is 0.389 e. The molecule has 0 aromatic heterocycles. The highest BCUT2D eigenvalue weighted by Gasteiger charge is 2.33. The summed E-state index contributed by atoms with van der Waals surface area (Å²) in [6.45, 7) is 7.78. The third-order valence-electron chi connectivity index (χ3n) is 3.33. The van der Waals surface area contributed by atoms with Gasteiger partial charge >= 0.3 is 0 Å². The van der Waals surface area contributed by atoms with Gasteiger partial charge in [-0.2, -0.15) is 0 Å². The maximum Gasteiger partial charge on any atom is 0.0938 e. The predicted octanol–water partition coefficient (Wildman–Crippen LogP) is 0.458. The summed E-state index contributed by atoms with van der Waals surface area (Å²) in [5.74, 6) is 0.623. The Hall–Kier alpha value is -0.120. The van der Waals surface area contributed by atoms with Crippen LogP contribution < -0.4 is 0 Å². The molecular weight excluding hydrogens is 166 g/mol. The molecule has 1 rings (SSSR count). The summed E-state index contributed by atoms with van der Waals surface area (Å²) in [6.07, 6.45) is 0.0437. The van der Waals surface area contributed by atoms with E-state index in [1.807, 2.05) is 0 Å². The van der Waals surface area contributed by atoms with Crippen molar-refractivity contribution in [3.8, 4) is 0 Å². The zero-order valence-electron chi connectivity index (χ0n) is 8.77. The molecule has 1 aliphatic rings. The summed E-state index contributed by atoms with van der Waals surface area (Å²) in [6, 6.07) is 0.455. The number of nitrogens with zero attached hydrogens (tertiary/aromatic N) is 1. The van der Waals surface area contributed by atoms with E-state index in [9.17, 15) is 10.2 Å². The molecule has 0 amide bonds. The molecule has 1 heterocycles. The zero-order valence-corrected chi connectivity index (χ0v) is 8.77. The first-order valence-corrected chi connectivity index (χ1v) is 5.16. The Morgan fingerprint density at radius 2 is 1.69 bits per heavy atom. The molecule has 2 N–H and O–H groups in total. The predicted molar refractivity (Wildman–Crippen MR) is 52.5 cm³/mol. The van der Waals surface area contributed by atoms with Crippen LogP contribution in [-0.2, 0) is 0 Å². The molecule has 0 radical (unpaired) electrons. The van der Waals surface area contributed by atoms with Crippen molar-refractivity contribution in [2.24, 2.45) is 5.92 Å². The molecule has 78 valence electrons. The smallest absolute Gasteiger partial charge is 0.0938 e. The van der Waals surface area contributed by atoms with Crippen molar-refractivity contribution in [1.82, 2.24) is 4.90 Å². The van der Waals surface area contributed by atoms with Crippen molar-refractivity contribution in [3.05, 3.63) is 0 Å². The molecule has 1 saturated heterocycles. The van der Waals surface area contributed by atoms with Crippen LogP contribution in [0.4, 0.5) is 0 Å². The molecular formula is C10H21NO2. The van der Waals surface area contributed by atoms with E-state index >= 15 is 0 Å². The maximum atomic E-state index is 9.38. The highest BCUT2D eigenvalue weighted by atomic mass is 16.3. The molecule has 0 bridgehead atoms. The van der Waals surface area contributed by atoms with Crippen molar-refractivity contribution in [3.63, 3.8) is 0 Å². The van der Waals surface area contributed by atoms with Crippen molar-refractivity contribution >= 4 is 0 Å². The monoisotopic (exact) mass is 187 g/mol. The Bertz CT molecular complexity index is 153. The van der Waals surface area contributed by atoms with Crippen LogP contribution in [0, 0.1) is 5.92 Å². The van der Waals surface area contributed by atoms with Crippen LogP contribution in [0.1, 0.15) is 27.2 Å². The normalized spacial score (nSPS) is 34.8. The molecule has 1 aliphatic heterocycles. The summed E-state index contributed by atoms with van der Waals surface area (Å²) in [7, 11) is 0. The SMILES string of the molecule is CCC(C)C(C)N1C[C@@H](O)[C@@H](O)C1. The first-order valence-electron chi connectivity index (χ1n) is 5.16. The van der Waals surface area contributed by atoms with Gasteiger partial charge in [-0.15, -0.1) is 0 Å². The Morgan fingerprint density at radius 1 is 1.23 bits per heavy atom. The minimum absolute atomic E-state index is 0.455. The molecule has 0 aromatic carbocycles. The van der Waals surface area contributed by atoms with E-state index in [1.54, 1.807) is 0 Å². The first kappa shape index (κ1) is 11.0. The second kappa shape index (κ2) is 4.40. The van der Waals surface area contributed by atoms with Gasteiger partial charge in [-0.25, -0.2) is 0 Å². The van der Waals surface area contributed by atoms with Crippen LogP contribution in [0.2, 0.25) is 0 Å². The first-order chi connectivity index (χ1) is 6.06. The van der Waals surface area contributed by atoms with Crippen molar-refractivity contribution in [2.45, 2.75) is 45.4 Å². The van der Waals surface area contributed by atoms with Gasteiger partial charge in [0.05, 0.1) is 12.2 Å². The highest BCUT2D eigenvalue weighted by molar-refractivity contribution is 4.87. The Balaban J connectivity index is 2.45. The molecule has 13 heavy (non-hydrogen) atoms. The fraction of sp³-hybridized carbons (Fsp3) is 1.00. The highest BCUT2D eigenvalue weighted by Crippen LogP contribution is 2.19. The van der Waals surface area contributed by atoms with E-state index in [2.05, 4.69) is 25.7 Å². The van der Waals surface area contributed by atoms with Crippen LogP contribution in [0.25, 0.3) is 0 Å². The minimum atomic E-state index is -0.550. The van der Waals surface area contributed by atoms with Gasteiger partial charge in [0.1, 0.15) is 0 Å². The number of rotatable bonds is 3. The van der Waals surface area contributed by atoms with Crippen LogP contribution in [-0.4, -0.2) is 46.5 Å². The lowest BCUT2D eigenvalue weighted by Crippen LogP contribution is -2.36. The number of aliphatic hydroxyl groups excluding tert-OH is 2. The molecule has 3 nitrogen and oxygen atoms in total. The fourth-order valence-corrected chi connectivity index (χ4v) is 1.83. The minimum Gasteiger partial charge on any atom is -0.389 e. The standard InChI is InChI=1S/C10H21NO2/c1-4-7(2)8(3)11-5-9(12)10(13)6-11/h7-10,12-13H,4-6H2,1-3H3/t7?,8?,9-,10+. The van der Waals surface area contributed by atoms with Gasteiger partial charge in [-0.1, -0.05) is 20.3 Å². The van der Waals surface area contributed by atoms with Gasteiger partial charge in [0.15, 0.2) is 0 Å². The number of likely N-dealkylation sites (tertiary alicyclic amines) is 1. The summed E-state index contributed by atoms with van der Waals surface area (Å²) < 4.78 is 0. The maximum absolute atomic E-state index is 9.38. The summed E-state index contributed by atoms with van der Waals surface area (Å²) in [4.78, 5) is 2.17. The van der Waals surface area contributed by atoms with Gasteiger partial charge < -0.3 is 10.2 Å². The van der Waals surface area contributed by atoms with E-state index in [1.165, 1.54) is 0 Å². The average Bonchev–Trinajstić information content (AvgIpc) is 2.44. The summed E-state index contributed by atoms with van der Waals surface area (Å²) in [5.41, 5.74) is 0. The van der Waals surface area contributed by atoms with Crippen LogP contribution in [0.3, 0.4) is 0 Å². The number of aliphatic hydroxyl groups is 2. The zero-order chi connectivity index (χ0) is 10.0. The molecule has 3 heteroatoms. The summed E-state index contributed by atoms with van der Waals surface area (Å²) >= 11 is 0. The molecule has 0 spiro atoms. The second-order valence-corrected chi connectivity index (χ2v) is 4.21. The number of β-amino-alcohol motifs (C(OH)–C–C–N with tert-alkyl or cyclic N) is 2. The number of hydrogen-bond donors (Lipinski definition) is 2. The summed E-state index contributed by atoms with van der Waals surface area (Å²) in [5, 5.41) is 18.8. The van der Waals surface area contributed by atoms with Gasteiger partial charge in [-0.05, 0) is 12.8 Å². The van der Waals surface area contributed by atoms with Crippen molar-refractivity contribution in [1.29, 1.82) is 0 Å². The van der Waals surface area contributed by atoms with E-state index < -0.39 is 12.2 Å². The lowest BCUT2D eigenvalue weighted by Gasteiger charge is -2.28. The van der Waals surface area contributed by atoms with E-state index in [-0.39, 0.29) is 0 Å². The van der Waals surface area contributed by atoms with Crippen LogP contribution in [0.15, 0.2) is 0 Å². The Morgan fingerprint density at radius 3 is 2.08 bits per heavy atom. The molecule has 0 saturated carbocycles. The van der Waals surface area contributed by atoms with E-state index in [4.69, 9.17) is 0 Å². The molecule has 0 aliphatic carbocycles. The molecule has 2 unspecified atom stereocenters. The van der Waals surface area contributed by atoms with Crippen molar-refractivity contribution in [2.75, 3.05) is 13.1 Å². The van der Waals surface area contributed by atoms with Crippen LogP contribution in [0.5, 0.6) is 0 Å². The lowest BCUT2D eigenvalue weighted by atomic mass is 10.00. The van der Waals surface area contributed by atoms with Gasteiger partial charge in [-0.3, -0.25) is 4.90 Å². The van der Waals surface area contributed by atoms with Gasteiger partial charge in [0, 0.05) is 19.1 Å². The van der Waals surface area contributed by atoms with E-state index in [0.717, 1.165) is 6.42 Å². The molecule has 1 fully saturated rings. The number of hydrogen-bond acceptors (Lipinski definition) is 3. The third-order valence-corrected chi connectivity index (χ3v) is 3.33. The van der Waals surface area contributed by atoms with Gasteiger partial charge in [0.25, 0.3) is 0 Å². The van der Waals surface area contributed by atoms with Gasteiger partial charge in [0.2, 0.25) is 0 Å². The second-order valence-electron chi connectivity index (χ2n) is 4.21. The topological polar surface area (TPSA) is 43.7 Å². The van der Waals surface area contributed by atoms with Crippen molar-refractivity contribution < 1.29 is 10.2 Å². The van der Waals surface area contributed by atoms with Crippen LogP contribution >= 0.6 is 0 Å². The average molecular weight is 187 g/mol. The molecule has 4 atom stereocenters. The quantitative estimate of drug-likeness (QED) is 0.674. The van der Waals surface area contributed by atoms with E-state index in [0.29, 0.717) is 25.0 Å². The third kappa shape index (κ3) is 2.42. The Labute approximate surface area is 80.4 Å². The molecule has 0 aromatic rings. The fourth-order valence-electron chi connectivity index (χ4n) is 1.83. The Kier molecular flexibility index (Phi) is 3.71. The lowest BCUT2D eigenvalue weighted by molar-refractivity contribution is 0.0572.